The Labute approximate surface area is 123 Å². The Balaban J connectivity index is 2.10. The molecule has 0 aliphatic carbocycles. The summed E-state index contributed by atoms with van der Waals surface area (Å²) in [5.41, 5.74) is 2.47. The molecule has 112 valence electrons. The molecule has 2 N–H and O–H groups in total. The Hall–Kier alpha value is -2.37. The van der Waals surface area contributed by atoms with Crippen molar-refractivity contribution in [3.63, 3.8) is 0 Å². The molecule has 1 amide bonds. The molecule has 0 radical (unpaired) electrons. The second-order valence-electron chi connectivity index (χ2n) is 5.28. The minimum atomic E-state index is -0.206. The third kappa shape index (κ3) is 3.21. The molecule has 0 aliphatic heterocycles. The van der Waals surface area contributed by atoms with E-state index in [4.69, 9.17) is 0 Å². The van der Waals surface area contributed by atoms with Crippen molar-refractivity contribution in [3.8, 4) is 0 Å². The van der Waals surface area contributed by atoms with E-state index in [-0.39, 0.29) is 17.7 Å². The predicted molar refractivity (Wildman–Crippen MR) is 79.4 cm³/mol. The summed E-state index contributed by atoms with van der Waals surface area (Å²) in [5.74, 6) is -0.243. The summed E-state index contributed by atoms with van der Waals surface area (Å²) in [7, 11) is 0. The second-order valence-corrected chi connectivity index (χ2v) is 5.28. The standard InChI is InChI=1S/C15H20N4O2/c1-9(8-19-7-5-6-16-19)17-15(21)14-10(2)13(12(4)20)11(3)18-14/h5-7,9,18H,8H2,1-4H3,(H,17,21)/t9-/m0/s1. The van der Waals surface area contributed by atoms with Crippen LogP contribution in [0.5, 0.6) is 0 Å². The topological polar surface area (TPSA) is 79.8 Å². The second kappa shape index (κ2) is 5.95. The molecule has 2 aromatic rings. The summed E-state index contributed by atoms with van der Waals surface area (Å²) in [6.45, 7) is 7.60. The first-order valence-corrected chi connectivity index (χ1v) is 6.88. The molecule has 0 unspecified atom stereocenters. The molecule has 6 heteroatoms. The predicted octanol–water partition coefficient (Wildman–Crippen LogP) is 1.85. The van der Waals surface area contributed by atoms with Gasteiger partial charge in [0.2, 0.25) is 0 Å². The van der Waals surface area contributed by atoms with E-state index in [2.05, 4.69) is 15.4 Å². The number of hydrogen-bond donors (Lipinski definition) is 2. The molecule has 0 spiro atoms. The number of aromatic amines is 1. The summed E-state index contributed by atoms with van der Waals surface area (Å²) < 4.78 is 1.76. The summed E-state index contributed by atoms with van der Waals surface area (Å²) in [4.78, 5) is 26.9. The van der Waals surface area contributed by atoms with Crippen molar-refractivity contribution in [2.24, 2.45) is 0 Å². The summed E-state index contributed by atoms with van der Waals surface area (Å²) in [6.07, 6.45) is 3.55. The molecule has 0 aliphatic rings. The van der Waals surface area contributed by atoms with Crippen LogP contribution in [0, 0.1) is 13.8 Å². The third-order valence-corrected chi connectivity index (χ3v) is 3.41. The number of rotatable bonds is 5. The van der Waals surface area contributed by atoms with Crippen molar-refractivity contribution < 1.29 is 9.59 Å². The molecular formula is C15H20N4O2. The zero-order valence-electron chi connectivity index (χ0n) is 12.7. The molecule has 21 heavy (non-hydrogen) atoms. The molecule has 0 saturated heterocycles. The first-order valence-electron chi connectivity index (χ1n) is 6.88. The Kier molecular flexibility index (Phi) is 4.26. The summed E-state index contributed by atoms with van der Waals surface area (Å²) in [5, 5.41) is 7.02. The average Bonchev–Trinajstić information content (AvgIpc) is 2.97. The van der Waals surface area contributed by atoms with E-state index < -0.39 is 0 Å². The van der Waals surface area contributed by atoms with Gasteiger partial charge in [0.1, 0.15) is 5.69 Å². The van der Waals surface area contributed by atoms with Gasteiger partial charge in [-0.25, -0.2) is 0 Å². The largest absolute Gasteiger partial charge is 0.354 e. The van der Waals surface area contributed by atoms with Gasteiger partial charge < -0.3 is 10.3 Å². The monoisotopic (exact) mass is 288 g/mol. The lowest BCUT2D eigenvalue weighted by atomic mass is 10.1. The van der Waals surface area contributed by atoms with Gasteiger partial charge >= 0.3 is 0 Å². The minimum Gasteiger partial charge on any atom is -0.354 e. The molecule has 2 rings (SSSR count). The van der Waals surface area contributed by atoms with E-state index in [0.29, 0.717) is 23.4 Å². The van der Waals surface area contributed by atoms with Crippen molar-refractivity contribution in [1.29, 1.82) is 0 Å². The van der Waals surface area contributed by atoms with Gasteiger partial charge in [-0.3, -0.25) is 14.3 Å². The van der Waals surface area contributed by atoms with Crippen LogP contribution in [-0.4, -0.2) is 32.5 Å². The number of aryl methyl sites for hydroxylation is 1. The molecule has 0 aromatic carbocycles. The van der Waals surface area contributed by atoms with Gasteiger partial charge in [0.15, 0.2) is 5.78 Å². The Morgan fingerprint density at radius 1 is 1.43 bits per heavy atom. The van der Waals surface area contributed by atoms with Gasteiger partial charge in [-0.2, -0.15) is 5.10 Å². The van der Waals surface area contributed by atoms with E-state index in [1.165, 1.54) is 6.92 Å². The number of carbonyl (C=O) groups is 2. The molecule has 2 heterocycles. The fourth-order valence-electron chi connectivity index (χ4n) is 2.54. The van der Waals surface area contributed by atoms with E-state index in [1.807, 2.05) is 19.2 Å². The number of nitrogens with zero attached hydrogens (tertiary/aromatic N) is 2. The molecule has 2 aromatic heterocycles. The first kappa shape index (κ1) is 15.0. The van der Waals surface area contributed by atoms with Crippen LogP contribution in [-0.2, 0) is 6.54 Å². The Morgan fingerprint density at radius 2 is 2.14 bits per heavy atom. The van der Waals surface area contributed by atoms with E-state index >= 15 is 0 Å². The van der Waals surface area contributed by atoms with Crippen LogP contribution in [0.2, 0.25) is 0 Å². The van der Waals surface area contributed by atoms with Crippen LogP contribution < -0.4 is 5.32 Å². The Bertz CT molecular complexity index is 656. The number of amides is 1. The maximum absolute atomic E-state index is 12.3. The minimum absolute atomic E-state index is 0.0371. The molecule has 0 fully saturated rings. The van der Waals surface area contributed by atoms with Gasteiger partial charge in [-0.1, -0.05) is 0 Å². The van der Waals surface area contributed by atoms with Crippen molar-refractivity contribution in [2.75, 3.05) is 0 Å². The maximum atomic E-state index is 12.3. The van der Waals surface area contributed by atoms with Crippen LogP contribution in [0.3, 0.4) is 0 Å². The summed E-state index contributed by atoms with van der Waals surface area (Å²) in [6, 6.07) is 1.77. The number of Topliss-reactive ketones (excluding diaryl/α,β-unsaturated/α-hetero) is 1. The fourth-order valence-corrected chi connectivity index (χ4v) is 2.54. The maximum Gasteiger partial charge on any atom is 0.268 e. The smallest absolute Gasteiger partial charge is 0.268 e. The molecular weight excluding hydrogens is 268 g/mol. The molecule has 0 saturated carbocycles. The van der Waals surface area contributed by atoms with E-state index in [1.54, 1.807) is 24.7 Å². The van der Waals surface area contributed by atoms with Crippen molar-refractivity contribution in [2.45, 2.75) is 40.3 Å². The zero-order chi connectivity index (χ0) is 15.6. The number of H-pyrrole nitrogens is 1. The van der Waals surface area contributed by atoms with Crippen molar-refractivity contribution in [3.05, 3.63) is 41.0 Å². The number of nitrogens with one attached hydrogen (secondary N) is 2. The van der Waals surface area contributed by atoms with Gasteiger partial charge in [0, 0.05) is 29.7 Å². The van der Waals surface area contributed by atoms with Crippen LogP contribution >= 0.6 is 0 Å². The van der Waals surface area contributed by atoms with Crippen LogP contribution in [0.1, 0.15) is 46.0 Å². The van der Waals surface area contributed by atoms with Crippen LogP contribution in [0.4, 0.5) is 0 Å². The Morgan fingerprint density at radius 3 is 2.67 bits per heavy atom. The zero-order valence-corrected chi connectivity index (χ0v) is 12.7. The molecule has 0 bridgehead atoms. The van der Waals surface area contributed by atoms with Crippen molar-refractivity contribution in [1.82, 2.24) is 20.1 Å². The normalized spacial score (nSPS) is 12.2. The fraction of sp³-hybridized carbons (Fsp3) is 0.400. The highest BCUT2D eigenvalue weighted by molar-refractivity contribution is 6.02. The average molecular weight is 288 g/mol. The first-order chi connectivity index (χ1) is 9.90. The SMILES string of the molecule is CC(=O)c1c(C)[nH]c(C(=O)N[C@@H](C)Cn2cccn2)c1C. The third-order valence-electron chi connectivity index (χ3n) is 3.41. The highest BCUT2D eigenvalue weighted by Crippen LogP contribution is 2.18. The lowest BCUT2D eigenvalue weighted by Crippen LogP contribution is -2.36. The lowest BCUT2D eigenvalue weighted by Gasteiger charge is -2.13. The van der Waals surface area contributed by atoms with Gasteiger partial charge in [-0.05, 0) is 39.3 Å². The quantitative estimate of drug-likeness (QED) is 0.824. The molecule has 6 nitrogen and oxygen atoms in total. The summed E-state index contributed by atoms with van der Waals surface area (Å²) >= 11 is 0. The van der Waals surface area contributed by atoms with Gasteiger partial charge in [0.25, 0.3) is 5.91 Å². The van der Waals surface area contributed by atoms with Crippen LogP contribution in [0.15, 0.2) is 18.5 Å². The number of aromatic nitrogens is 3. The van der Waals surface area contributed by atoms with Gasteiger partial charge in [0.05, 0.1) is 6.54 Å². The van der Waals surface area contributed by atoms with Gasteiger partial charge in [-0.15, -0.1) is 0 Å². The highest BCUT2D eigenvalue weighted by atomic mass is 16.2. The molecule has 1 atom stereocenters. The van der Waals surface area contributed by atoms with E-state index in [0.717, 1.165) is 5.69 Å². The van der Waals surface area contributed by atoms with Crippen molar-refractivity contribution >= 4 is 11.7 Å². The lowest BCUT2D eigenvalue weighted by molar-refractivity contribution is 0.0930. The number of hydrogen-bond acceptors (Lipinski definition) is 3. The highest BCUT2D eigenvalue weighted by Gasteiger charge is 2.20. The number of carbonyl (C=O) groups excluding carboxylic acids is 2. The number of ketones is 1. The van der Waals surface area contributed by atoms with Crippen LogP contribution in [0.25, 0.3) is 0 Å². The van der Waals surface area contributed by atoms with E-state index in [9.17, 15) is 9.59 Å².